The summed E-state index contributed by atoms with van der Waals surface area (Å²) in [6.07, 6.45) is 0. The van der Waals surface area contributed by atoms with Gasteiger partial charge in [0.1, 0.15) is 11.4 Å². The fraction of sp³-hybridized carbons (Fsp3) is 0.300. The van der Waals surface area contributed by atoms with Gasteiger partial charge in [0, 0.05) is 6.07 Å². The smallest absolute Gasteiger partial charge is 0.356 e. The predicted molar refractivity (Wildman–Crippen MR) is 109 cm³/mol. The Kier molecular flexibility index (Phi) is 6.27. The number of anilines is 2. The number of phenols is 1. The number of hydrogen-bond acceptors (Lipinski definition) is 2. The molecule has 0 fully saturated rings. The van der Waals surface area contributed by atoms with Gasteiger partial charge in [0.25, 0.3) is 0 Å². The lowest BCUT2D eigenvalue weighted by molar-refractivity contribution is -0.589. The highest BCUT2D eigenvalue weighted by Crippen LogP contribution is 2.37. The summed E-state index contributed by atoms with van der Waals surface area (Å²) in [4.78, 5) is 1.81. The predicted octanol–water partition coefficient (Wildman–Crippen LogP) is 4.31. The molecule has 0 spiro atoms. The Morgan fingerprint density at radius 1 is 1.12 bits per heavy atom. The van der Waals surface area contributed by atoms with Crippen molar-refractivity contribution in [3.05, 3.63) is 52.5 Å². The molecule has 0 saturated carbocycles. The number of nitriles is 1. The zero-order chi connectivity index (χ0) is 19.4. The van der Waals surface area contributed by atoms with E-state index in [9.17, 15) is 5.11 Å². The number of rotatable bonds is 4. The maximum Gasteiger partial charge on any atom is 0.356 e. The van der Waals surface area contributed by atoms with E-state index in [1.54, 1.807) is 17.0 Å². The van der Waals surface area contributed by atoms with E-state index in [-0.39, 0.29) is 17.8 Å². The van der Waals surface area contributed by atoms with Gasteiger partial charge in [-0.25, -0.2) is 0 Å². The highest BCUT2D eigenvalue weighted by Gasteiger charge is 2.29. The van der Waals surface area contributed by atoms with Gasteiger partial charge < -0.3 is 5.11 Å². The molecule has 136 valence electrons. The molecule has 6 heteroatoms. The Morgan fingerprint density at radius 3 is 2.23 bits per heavy atom. The summed E-state index contributed by atoms with van der Waals surface area (Å²) in [5.74, 6) is 0.497. The Hall–Kier alpha value is -2.52. The van der Waals surface area contributed by atoms with Crippen molar-refractivity contribution in [1.82, 2.24) is 0 Å². The first kappa shape index (κ1) is 19.8. The number of aromatic hydroxyl groups is 1. The van der Waals surface area contributed by atoms with Crippen molar-refractivity contribution in [2.24, 2.45) is 5.73 Å². The molecule has 0 unspecified atom stereocenters. The average Bonchev–Trinajstić information content (AvgIpc) is 2.57. The van der Waals surface area contributed by atoms with Crippen LogP contribution in [0.15, 0.2) is 46.9 Å². The number of para-hydroxylation sites is 1. The van der Waals surface area contributed by atoms with E-state index in [1.165, 1.54) is 6.07 Å². The second-order valence-corrected chi connectivity index (χ2v) is 7.41. The molecule has 2 rings (SSSR count). The number of phenolic OH excluding ortho intramolecular Hbond substituents is 1. The van der Waals surface area contributed by atoms with Crippen LogP contribution in [0.2, 0.25) is 0 Å². The molecule has 0 aliphatic carbocycles. The van der Waals surface area contributed by atoms with Crippen molar-refractivity contribution in [3.8, 4) is 11.8 Å². The van der Waals surface area contributed by atoms with Crippen LogP contribution in [-0.4, -0.2) is 27.7 Å². The summed E-state index contributed by atoms with van der Waals surface area (Å²) in [5.41, 5.74) is 8.31. The fourth-order valence-corrected chi connectivity index (χ4v) is 3.49. The zero-order valence-electron chi connectivity index (χ0n) is 15.4. The molecule has 0 aromatic heterocycles. The largest absolute Gasteiger partial charge is 0.504 e. The Labute approximate surface area is 163 Å². The third-order valence-electron chi connectivity index (χ3n) is 4.05. The van der Waals surface area contributed by atoms with E-state index >= 15 is 0 Å². The van der Waals surface area contributed by atoms with Crippen LogP contribution in [0.25, 0.3) is 0 Å². The highest BCUT2D eigenvalue weighted by atomic mass is 79.9. The summed E-state index contributed by atoms with van der Waals surface area (Å²) in [6.45, 7) is 8.29. The van der Waals surface area contributed by atoms with Crippen LogP contribution in [0.1, 0.15) is 33.3 Å². The van der Waals surface area contributed by atoms with E-state index < -0.39 is 0 Å². The lowest BCUT2D eigenvalue weighted by Crippen LogP contribution is -2.46. The van der Waals surface area contributed by atoms with E-state index in [0.717, 1.165) is 10.2 Å². The number of halogens is 1. The van der Waals surface area contributed by atoms with Crippen LogP contribution in [0, 0.1) is 11.3 Å². The summed E-state index contributed by atoms with van der Waals surface area (Å²) in [5, 5.41) is 19.6. The van der Waals surface area contributed by atoms with Crippen LogP contribution < -0.4 is 10.6 Å². The van der Waals surface area contributed by atoms with Crippen LogP contribution >= 0.6 is 15.9 Å². The van der Waals surface area contributed by atoms with Gasteiger partial charge in [0.2, 0.25) is 0 Å². The van der Waals surface area contributed by atoms with Crippen molar-refractivity contribution in [3.63, 3.8) is 0 Å². The first-order valence-corrected chi connectivity index (χ1v) is 9.25. The Balaban J connectivity index is 2.79. The van der Waals surface area contributed by atoms with Gasteiger partial charge in [-0.05, 0) is 67.9 Å². The van der Waals surface area contributed by atoms with Crippen molar-refractivity contribution in [2.45, 2.75) is 39.8 Å². The van der Waals surface area contributed by atoms with Gasteiger partial charge in [-0.2, -0.15) is 10.2 Å². The zero-order valence-corrected chi connectivity index (χ0v) is 17.0. The maximum atomic E-state index is 10.6. The molecular formula is C20H24BrN4O+. The Morgan fingerprint density at radius 2 is 1.73 bits per heavy atom. The molecule has 5 nitrogen and oxygen atoms in total. The normalized spacial score (nSPS) is 10.7. The second kappa shape index (κ2) is 8.24. The minimum absolute atomic E-state index is 0.00443. The van der Waals surface area contributed by atoms with Gasteiger partial charge in [-0.15, -0.1) is 0 Å². The topological polar surface area (TPSA) is 76.3 Å². The van der Waals surface area contributed by atoms with E-state index in [1.807, 2.05) is 30.3 Å². The summed E-state index contributed by atoms with van der Waals surface area (Å²) in [6, 6.07) is 14.9. The third-order valence-corrected chi connectivity index (χ3v) is 4.72. The van der Waals surface area contributed by atoms with E-state index in [2.05, 4.69) is 48.2 Å². The number of hydrogen-bond donors (Lipinski definition) is 2. The lowest BCUT2D eigenvalue weighted by Gasteiger charge is -2.26. The van der Waals surface area contributed by atoms with Gasteiger partial charge in [0.05, 0.1) is 28.2 Å². The van der Waals surface area contributed by atoms with Crippen molar-refractivity contribution >= 4 is 33.3 Å². The second-order valence-electron chi connectivity index (χ2n) is 6.56. The van der Waals surface area contributed by atoms with Gasteiger partial charge in [-0.1, -0.05) is 12.1 Å². The molecule has 0 bridgehead atoms. The first-order chi connectivity index (χ1) is 12.3. The van der Waals surface area contributed by atoms with Crippen LogP contribution in [0.3, 0.4) is 0 Å². The molecule has 0 aliphatic rings. The molecular weight excluding hydrogens is 392 g/mol. The third kappa shape index (κ3) is 4.00. The molecule has 2 aromatic carbocycles. The SMILES string of the molecule is CC(C)[N+](=C(N)N(c1ccc(C#N)cc1O)c1ccccc1Br)C(C)C. The molecule has 26 heavy (non-hydrogen) atoms. The van der Waals surface area contributed by atoms with E-state index in [4.69, 9.17) is 11.0 Å². The van der Waals surface area contributed by atoms with Crippen LogP contribution in [0.4, 0.5) is 11.4 Å². The quantitative estimate of drug-likeness (QED) is 0.443. The van der Waals surface area contributed by atoms with Gasteiger partial charge in [-0.3, -0.25) is 10.3 Å². The van der Waals surface area contributed by atoms with E-state index in [0.29, 0.717) is 17.2 Å². The molecule has 0 aliphatic heterocycles. The van der Waals surface area contributed by atoms with Crippen LogP contribution in [-0.2, 0) is 0 Å². The molecule has 0 radical (unpaired) electrons. The number of nitrogens with two attached hydrogens (primary N) is 1. The highest BCUT2D eigenvalue weighted by molar-refractivity contribution is 9.10. The number of guanidine groups is 1. The molecule has 0 heterocycles. The minimum Gasteiger partial charge on any atom is -0.504 e. The minimum atomic E-state index is -0.00443. The Bertz CT molecular complexity index is 858. The monoisotopic (exact) mass is 415 g/mol. The van der Waals surface area contributed by atoms with Gasteiger partial charge in [0.15, 0.2) is 5.75 Å². The first-order valence-electron chi connectivity index (χ1n) is 8.46. The molecule has 0 atom stereocenters. The molecule has 0 amide bonds. The summed E-state index contributed by atoms with van der Waals surface area (Å²) in [7, 11) is 0. The lowest BCUT2D eigenvalue weighted by atomic mass is 10.1. The van der Waals surface area contributed by atoms with Crippen molar-refractivity contribution in [2.75, 3.05) is 4.90 Å². The number of benzene rings is 2. The summed E-state index contributed by atoms with van der Waals surface area (Å²) < 4.78 is 2.93. The molecule has 3 N–H and O–H groups in total. The summed E-state index contributed by atoms with van der Waals surface area (Å²) >= 11 is 3.58. The maximum absolute atomic E-state index is 10.6. The molecule has 2 aromatic rings. The van der Waals surface area contributed by atoms with Crippen molar-refractivity contribution in [1.29, 1.82) is 5.26 Å². The standard InChI is InChI=1S/C20H23BrN4O/c1-13(2)24(14(3)4)20(23)25(17-8-6-5-7-16(17)21)18-10-9-15(12-22)11-19(18)26/h5-11,13-14,23,26H,1-4H3/p+1. The van der Waals surface area contributed by atoms with Crippen LogP contribution in [0.5, 0.6) is 5.75 Å². The fourth-order valence-electron chi connectivity index (χ4n) is 3.03. The number of nitrogens with zero attached hydrogens (tertiary/aromatic N) is 3. The average molecular weight is 416 g/mol. The van der Waals surface area contributed by atoms with Gasteiger partial charge >= 0.3 is 5.96 Å². The molecule has 0 saturated heterocycles. The van der Waals surface area contributed by atoms with Crippen molar-refractivity contribution < 1.29 is 9.68 Å².